The van der Waals surface area contributed by atoms with Crippen LogP contribution in [0.1, 0.15) is 50.4 Å². The third-order valence-corrected chi connectivity index (χ3v) is 6.86. The van der Waals surface area contributed by atoms with Crippen molar-refractivity contribution in [2.24, 2.45) is 5.41 Å². The number of fused-ring (bicyclic) bond motifs is 1. The summed E-state index contributed by atoms with van der Waals surface area (Å²) < 4.78 is 20.7. The highest BCUT2D eigenvalue weighted by atomic mass is 19.1. The van der Waals surface area contributed by atoms with Crippen molar-refractivity contribution in [3.05, 3.63) is 82.9 Å². The number of halogens is 1. The predicted octanol–water partition coefficient (Wildman–Crippen LogP) is 5.47. The van der Waals surface area contributed by atoms with Gasteiger partial charge in [0.25, 0.3) is 0 Å². The van der Waals surface area contributed by atoms with Crippen molar-refractivity contribution in [2.75, 3.05) is 6.54 Å². The molecule has 3 aromatic rings. The van der Waals surface area contributed by atoms with E-state index in [1.165, 1.54) is 12.1 Å². The number of para-hydroxylation sites is 1. The highest BCUT2D eigenvalue weighted by Gasteiger charge is 2.40. The second-order valence-electron chi connectivity index (χ2n) is 9.14. The Morgan fingerprint density at radius 1 is 1.23 bits per heavy atom. The Bertz CT molecular complexity index is 1220. The van der Waals surface area contributed by atoms with E-state index >= 15 is 0 Å². The fraction of sp³-hybridized carbons (Fsp3) is 0.357. The molecule has 2 atom stereocenters. The van der Waals surface area contributed by atoms with E-state index in [2.05, 4.69) is 30.3 Å². The molecule has 0 saturated carbocycles. The summed E-state index contributed by atoms with van der Waals surface area (Å²) in [5.74, 6) is 0.224. The lowest BCUT2D eigenvalue weighted by molar-refractivity contribution is 0.0530. The lowest BCUT2D eigenvalue weighted by Gasteiger charge is -2.39. The van der Waals surface area contributed by atoms with Crippen molar-refractivity contribution in [2.45, 2.75) is 52.6 Å². The zero-order valence-corrected chi connectivity index (χ0v) is 20.4. The van der Waals surface area contributed by atoms with E-state index in [1.807, 2.05) is 36.0 Å². The van der Waals surface area contributed by atoms with Crippen LogP contribution in [0, 0.1) is 11.2 Å². The second kappa shape index (κ2) is 10.4. The summed E-state index contributed by atoms with van der Waals surface area (Å²) in [6, 6.07) is 13.7. The van der Waals surface area contributed by atoms with Gasteiger partial charge in [-0.15, -0.1) is 0 Å². The summed E-state index contributed by atoms with van der Waals surface area (Å²) in [4.78, 5) is 11.9. The van der Waals surface area contributed by atoms with Crippen LogP contribution in [-0.2, 0) is 12.8 Å². The van der Waals surface area contributed by atoms with Crippen molar-refractivity contribution in [1.82, 2.24) is 15.1 Å². The van der Waals surface area contributed by atoms with Crippen LogP contribution in [0.25, 0.3) is 11.8 Å². The highest BCUT2D eigenvalue weighted by Crippen LogP contribution is 2.44. The van der Waals surface area contributed by atoms with Crippen molar-refractivity contribution in [3.63, 3.8) is 0 Å². The van der Waals surface area contributed by atoms with Gasteiger partial charge in [0.15, 0.2) is 0 Å². The average Bonchev–Trinajstić information content (AvgIpc) is 3.25. The molecule has 184 valence electrons. The minimum Gasteiger partial charge on any atom is -0.410 e. The number of aliphatic hydroxyl groups is 1. The van der Waals surface area contributed by atoms with Gasteiger partial charge in [-0.1, -0.05) is 37.6 Å². The lowest BCUT2D eigenvalue weighted by atomic mass is 9.67. The smallest absolute Gasteiger partial charge is 0.410 e. The number of rotatable bonds is 8. The molecule has 6 nitrogen and oxygen atoms in total. The number of hydrogen-bond donors (Lipinski definition) is 2. The second-order valence-corrected chi connectivity index (χ2v) is 9.14. The first kappa shape index (κ1) is 24.7. The van der Waals surface area contributed by atoms with Crippen molar-refractivity contribution < 1.29 is 19.0 Å². The summed E-state index contributed by atoms with van der Waals surface area (Å²) in [5, 5.41) is 18.6. The molecule has 1 aromatic heterocycles. The molecule has 2 aromatic carbocycles. The Hall–Kier alpha value is -3.45. The van der Waals surface area contributed by atoms with Gasteiger partial charge in [0, 0.05) is 12.0 Å². The summed E-state index contributed by atoms with van der Waals surface area (Å²) in [7, 11) is 0. The maximum Gasteiger partial charge on any atom is 0.412 e. The maximum atomic E-state index is 13.4. The molecule has 1 aliphatic rings. The fourth-order valence-electron chi connectivity index (χ4n) is 4.85. The number of carbonyl (C=O) groups is 1. The third-order valence-electron chi connectivity index (χ3n) is 6.86. The van der Waals surface area contributed by atoms with Crippen LogP contribution < -0.4 is 10.1 Å². The lowest BCUT2D eigenvalue weighted by Crippen LogP contribution is -2.38. The number of nitrogens with one attached hydrogen (secondary N) is 1. The monoisotopic (exact) mass is 477 g/mol. The minimum absolute atomic E-state index is 0.284. The summed E-state index contributed by atoms with van der Waals surface area (Å²) in [5.41, 5.74) is 4.39. The van der Waals surface area contributed by atoms with E-state index in [9.17, 15) is 14.3 Å². The van der Waals surface area contributed by atoms with E-state index < -0.39 is 17.6 Å². The molecule has 0 aliphatic heterocycles. The molecule has 35 heavy (non-hydrogen) atoms. The number of benzene rings is 2. The first-order valence-corrected chi connectivity index (χ1v) is 12.1. The molecule has 0 radical (unpaired) electrons. The van der Waals surface area contributed by atoms with Crippen molar-refractivity contribution >= 4 is 12.2 Å². The number of amides is 1. The van der Waals surface area contributed by atoms with E-state index in [0.717, 1.165) is 34.5 Å². The Balaban J connectivity index is 1.53. The van der Waals surface area contributed by atoms with E-state index in [4.69, 9.17) is 4.74 Å². The number of nitrogens with zero attached hydrogens (tertiary/aromatic N) is 2. The SMILES string of the molecule is CCNC(=O)Oc1ccccc1CC[C@H](O)C1(C)Cc2cnn(-c3ccc(F)cc3)c2C=C1CC. The van der Waals surface area contributed by atoms with Gasteiger partial charge in [0.05, 0.1) is 23.7 Å². The molecule has 0 spiro atoms. The predicted molar refractivity (Wildman–Crippen MR) is 134 cm³/mol. The van der Waals surface area contributed by atoms with E-state index in [0.29, 0.717) is 31.6 Å². The Morgan fingerprint density at radius 2 is 1.97 bits per heavy atom. The van der Waals surface area contributed by atoms with Gasteiger partial charge in [-0.2, -0.15) is 5.10 Å². The molecule has 0 bridgehead atoms. The molecule has 7 heteroatoms. The largest absolute Gasteiger partial charge is 0.412 e. The molecule has 1 amide bonds. The zero-order valence-electron chi connectivity index (χ0n) is 20.4. The van der Waals surface area contributed by atoms with Gasteiger partial charge < -0.3 is 15.2 Å². The van der Waals surface area contributed by atoms with Crippen molar-refractivity contribution in [3.8, 4) is 11.4 Å². The van der Waals surface area contributed by atoms with Crippen LogP contribution in [0.4, 0.5) is 9.18 Å². The van der Waals surface area contributed by atoms with Gasteiger partial charge >= 0.3 is 6.09 Å². The Morgan fingerprint density at radius 3 is 2.69 bits per heavy atom. The Labute approximate surface area is 205 Å². The number of aromatic nitrogens is 2. The first-order chi connectivity index (χ1) is 16.9. The molecular formula is C28H32FN3O3. The average molecular weight is 478 g/mol. The summed E-state index contributed by atoms with van der Waals surface area (Å²) >= 11 is 0. The molecular weight excluding hydrogens is 445 g/mol. The third kappa shape index (κ3) is 5.15. The van der Waals surface area contributed by atoms with Gasteiger partial charge in [0.1, 0.15) is 11.6 Å². The van der Waals surface area contributed by atoms with Crippen LogP contribution in [0.5, 0.6) is 5.75 Å². The quantitative estimate of drug-likeness (QED) is 0.451. The van der Waals surface area contributed by atoms with Crippen LogP contribution in [0.15, 0.2) is 60.3 Å². The van der Waals surface area contributed by atoms with Gasteiger partial charge in [0.2, 0.25) is 0 Å². The molecule has 1 unspecified atom stereocenters. The number of aliphatic hydroxyl groups excluding tert-OH is 1. The number of carbonyl (C=O) groups excluding carboxylic acids is 1. The molecule has 0 fully saturated rings. The summed E-state index contributed by atoms with van der Waals surface area (Å²) in [6.07, 6.45) is 5.40. The summed E-state index contributed by atoms with van der Waals surface area (Å²) in [6.45, 7) is 6.52. The van der Waals surface area contributed by atoms with Gasteiger partial charge in [-0.25, -0.2) is 13.9 Å². The number of ether oxygens (including phenoxy) is 1. The molecule has 1 aliphatic carbocycles. The van der Waals surface area contributed by atoms with Crippen LogP contribution in [0.2, 0.25) is 0 Å². The van der Waals surface area contributed by atoms with Gasteiger partial charge in [-0.3, -0.25) is 0 Å². The fourth-order valence-corrected chi connectivity index (χ4v) is 4.85. The highest BCUT2D eigenvalue weighted by molar-refractivity contribution is 5.70. The Kier molecular flexibility index (Phi) is 7.36. The van der Waals surface area contributed by atoms with Crippen LogP contribution in [0.3, 0.4) is 0 Å². The zero-order chi connectivity index (χ0) is 25.0. The van der Waals surface area contributed by atoms with Gasteiger partial charge in [-0.05, 0) is 80.1 Å². The molecule has 0 saturated heterocycles. The normalized spacial score (nSPS) is 17.9. The van der Waals surface area contributed by atoms with E-state index in [-0.39, 0.29) is 5.82 Å². The number of aryl methyl sites for hydroxylation is 1. The maximum absolute atomic E-state index is 13.4. The number of hydrogen-bond acceptors (Lipinski definition) is 4. The van der Waals surface area contributed by atoms with E-state index in [1.54, 1.807) is 18.2 Å². The molecule has 2 N–H and O–H groups in total. The van der Waals surface area contributed by atoms with Crippen LogP contribution >= 0.6 is 0 Å². The standard InChI is InChI=1S/C28H32FN3O3/c1-4-21-16-24-20(18-31-32(24)23-13-11-22(29)12-14-23)17-28(21,3)26(33)15-10-19-8-6-7-9-25(19)35-27(34)30-5-2/h6-9,11-14,16,18,26,33H,4-5,10,15,17H2,1-3H3,(H,30,34)/t26-,28?/m0/s1. The molecule has 4 rings (SSSR count). The van der Waals surface area contributed by atoms with Crippen molar-refractivity contribution in [1.29, 1.82) is 0 Å². The minimum atomic E-state index is -0.603. The first-order valence-electron chi connectivity index (χ1n) is 12.1. The topological polar surface area (TPSA) is 76.4 Å². The van der Waals surface area contributed by atoms with Crippen LogP contribution in [-0.4, -0.2) is 33.6 Å². The molecule has 1 heterocycles.